The Morgan fingerprint density at radius 2 is 1.40 bits per heavy atom. The Labute approximate surface area is 139 Å². The maximum atomic E-state index is 12.9. The summed E-state index contributed by atoms with van der Waals surface area (Å²) in [5, 5.41) is 0. The summed E-state index contributed by atoms with van der Waals surface area (Å²) in [5.74, 6) is -0.658. The fourth-order valence-corrected chi connectivity index (χ4v) is 2.34. The van der Waals surface area contributed by atoms with Gasteiger partial charge in [0.05, 0.1) is 23.8 Å². The fourth-order valence-electron chi connectivity index (χ4n) is 2.34. The molecule has 0 atom stereocenters. The zero-order chi connectivity index (χ0) is 19.0. The average molecular weight is 362 g/mol. The van der Waals surface area contributed by atoms with Gasteiger partial charge in [0.25, 0.3) is 0 Å². The third kappa shape index (κ3) is 4.12. The van der Waals surface area contributed by atoms with E-state index in [0.717, 1.165) is 7.11 Å². The minimum Gasteiger partial charge on any atom is -0.465 e. The first-order valence-corrected chi connectivity index (χ1v) is 6.92. The highest BCUT2D eigenvalue weighted by Crippen LogP contribution is 2.39. The molecule has 2 aromatic carbocycles. The lowest BCUT2D eigenvalue weighted by Crippen LogP contribution is -2.11. The summed E-state index contributed by atoms with van der Waals surface area (Å²) < 4.78 is 82.2. The van der Waals surface area contributed by atoms with Crippen LogP contribution in [0.15, 0.2) is 36.4 Å². The number of ether oxygens (including phenoxy) is 1. The molecule has 0 saturated carbocycles. The molecule has 0 aliphatic rings. The van der Waals surface area contributed by atoms with Gasteiger partial charge in [-0.15, -0.1) is 0 Å². The second-order valence-electron chi connectivity index (χ2n) is 5.32. The van der Waals surface area contributed by atoms with E-state index in [1.165, 1.54) is 25.1 Å². The number of halogens is 6. The van der Waals surface area contributed by atoms with Crippen molar-refractivity contribution in [1.82, 2.24) is 0 Å². The van der Waals surface area contributed by atoms with Crippen LogP contribution in [-0.4, -0.2) is 13.1 Å². The molecule has 0 bridgehead atoms. The Morgan fingerprint density at radius 1 is 0.880 bits per heavy atom. The van der Waals surface area contributed by atoms with Crippen molar-refractivity contribution in [2.45, 2.75) is 19.3 Å². The van der Waals surface area contributed by atoms with Crippen molar-refractivity contribution < 1.29 is 35.9 Å². The van der Waals surface area contributed by atoms with Crippen molar-refractivity contribution in [2.75, 3.05) is 7.11 Å². The number of methoxy groups -OCH3 is 1. The van der Waals surface area contributed by atoms with E-state index in [9.17, 15) is 31.1 Å². The third-order valence-corrected chi connectivity index (χ3v) is 3.55. The highest BCUT2D eigenvalue weighted by molar-refractivity contribution is 5.90. The number of carbonyl (C=O) groups is 1. The molecule has 0 spiro atoms. The Bertz CT molecular complexity index is 774. The molecule has 0 radical (unpaired) electrons. The molecule has 0 unspecified atom stereocenters. The van der Waals surface area contributed by atoms with Gasteiger partial charge in [-0.05, 0) is 53.9 Å². The normalized spacial score (nSPS) is 12.2. The van der Waals surface area contributed by atoms with E-state index in [-0.39, 0.29) is 22.8 Å². The molecule has 0 aliphatic heterocycles. The van der Waals surface area contributed by atoms with Crippen LogP contribution in [0.4, 0.5) is 26.3 Å². The van der Waals surface area contributed by atoms with Crippen molar-refractivity contribution in [3.8, 4) is 11.1 Å². The lowest BCUT2D eigenvalue weighted by molar-refractivity contribution is -0.143. The maximum Gasteiger partial charge on any atom is 0.416 e. The van der Waals surface area contributed by atoms with Gasteiger partial charge in [0.15, 0.2) is 0 Å². The monoisotopic (exact) mass is 362 g/mol. The van der Waals surface area contributed by atoms with Crippen LogP contribution in [0.3, 0.4) is 0 Å². The molecule has 0 fully saturated rings. The van der Waals surface area contributed by atoms with Gasteiger partial charge >= 0.3 is 18.3 Å². The van der Waals surface area contributed by atoms with Gasteiger partial charge in [-0.3, -0.25) is 0 Å². The van der Waals surface area contributed by atoms with Gasteiger partial charge in [-0.1, -0.05) is 6.07 Å². The van der Waals surface area contributed by atoms with Gasteiger partial charge in [0.1, 0.15) is 0 Å². The second kappa shape index (κ2) is 6.42. The molecular formula is C17H12F6O2. The number of aryl methyl sites for hydroxylation is 1. The summed E-state index contributed by atoms with van der Waals surface area (Å²) in [6.45, 7) is 1.48. The zero-order valence-electron chi connectivity index (χ0n) is 13.0. The predicted molar refractivity (Wildman–Crippen MR) is 78.0 cm³/mol. The Morgan fingerprint density at radius 3 is 1.80 bits per heavy atom. The molecule has 134 valence electrons. The first kappa shape index (κ1) is 18.8. The second-order valence-corrected chi connectivity index (χ2v) is 5.32. The molecule has 0 N–H and O–H groups in total. The van der Waals surface area contributed by atoms with Crippen LogP contribution in [0.2, 0.25) is 0 Å². The average Bonchev–Trinajstić information content (AvgIpc) is 2.51. The topological polar surface area (TPSA) is 26.3 Å². The standard InChI is InChI=1S/C17H12F6O2/c1-9-5-10(15(24)25-2)3-4-14(9)11-6-12(16(18,19)20)8-13(7-11)17(21,22)23/h3-8H,1-2H3. The van der Waals surface area contributed by atoms with Crippen molar-refractivity contribution in [3.63, 3.8) is 0 Å². The van der Waals surface area contributed by atoms with E-state index in [1.807, 2.05) is 0 Å². The summed E-state index contributed by atoms with van der Waals surface area (Å²) >= 11 is 0. The molecule has 0 heterocycles. The van der Waals surface area contributed by atoms with Crippen molar-refractivity contribution in [1.29, 1.82) is 0 Å². The van der Waals surface area contributed by atoms with Crippen LogP contribution >= 0.6 is 0 Å². The largest absolute Gasteiger partial charge is 0.465 e. The quantitative estimate of drug-likeness (QED) is 0.522. The van der Waals surface area contributed by atoms with E-state index in [0.29, 0.717) is 17.7 Å². The maximum absolute atomic E-state index is 12.9. The van der Waals surface area contributed by atoms with Crippen LogP contribution in [0.25, 0.3) is 11.1 Å². The van der Waals surface area contributed by atoms with E-state index in [4.69, 9.17) is 0 Å². The van der Waals surface area contributed by atoms with Crippen molar-refractivity contribution >= 4 is 5.97 Å². The van der Waals surface area contributed by atoms with Crippen LogP contribution in [0.1, 0.15) is 27.0 Å². The minimum atomic E-state index is -4.92. The van der Waals surface area contributed by atoms with Crippen LogP contribution in [0, 0.1) is 6.92 Å². The summed E-state index contributed by atoms with van der Waals surface area (Å²) in [4.78, 5) is 11.5. The number of hydrogen-bond acceptors (Lipinski definition) is 2. The molecule has 8 heteroatoms. The molecular weight excluding hydrogens is 350 g/mol. The Balaban J connectivity index is 2.64. The number of esters is 1. The van der Waals surface area contributed by atoms with Gasteiger partial charge < -0.3 is 4.74 Å². The van der Waals surface area contributed by atoms with Gasteiger partial charge in [0, 0.05) is 0 Å². The van der Waals surface area contributed by atoms with E-state index in [1.54, 1.807) is 0 Å². The third-order valence-electron chi connectivity index (χ3n) is 3.55. The minimum absolute atomic E-state index is 0.0711. The lowest BCUT2D eigenvalue weighted by atomic mass is 9.95. The van der Waals surface area contributed by atoms with E-state index < -0.39 is 29.4 Å². The number of hydrogen-bond donors (Lipinski definition) is 0. The molecule has 0 aliphatic carbocycles. The van der Waals surface area contributed by atoms with Crippen LogP contribution < -0.4 is 0 Å². The predicted octanol–water partition coefficient (Wildman–Crippen LogP) is 5.49. The van der Waals surface area contributed by atoms with Crippen molar-refractivity contribution in [2.24, 2.45) is 0 Å². The zero-order valence-corrected chi connectivity index (χ0v) is 13.0. The molecule has 25 heavy (non-hydrogen) atoms. The first-order chi connectivity index (χ1) is 11.4. The fraction of sp³-hybridized carbons (Fsp3) is 0.235. The summed E-state index contributed by atoms with van der Waals surface area (Å²) in [6.07, 6.45) is -9.84. The highest BCUT2D eigenvalue weighted by Gasteiger charge is 2.37. The van der Waals surface area contributed by atoms with Crippen LogP contribution in [0.5, 0.6) is 0 Å². The lowest BCUT2D eigenvalue weighted by Gasteiger charge is -2.15. The molecule has 0 aromatic heterocycles. The highest BCUT2D eigenvalue weighted by atomic mass is 19.4. The summed E-state index contributed by atoms with van der Waals surface area (Å²) in [6, 6.07) is 5.28. The molecule has 0 saturated heterocycles. The molecule has 2 aromatic rings. The van der Waals surface area contributed by atoms with Gasteiger partial charge in [-0.25, -0.2) is 4.79 Å². The first-order valence-electron chi connectivity index (χ1n) is 6.92. The summed E-state index contributed by atoms with van der Waals surface area (Å²) in [7, 11) is 1.16. The summed E-state index contributed by atoms with van der Waals surface area (Å²) in [5.41, 5.74) is -2.38. The number of alkyl halides is 6. The SMILES string of the molecule is COC(=O)c1ccc(-c2cc(C(F)(F)F)cc(C(F)(F)F)c2)c(C)c1. The Hall–Kier alpha value is -2.51. The number of carbonyl (C=O) groups excluding carboxylic acids is 1. The van der Waals surface area contributed by atoms with Crippen LogP contribution in [-0.2, 0) is 17.1 Å². The molecule has 2 nitrogen and oxygen atoms in total. The van der Waals surface area contributed by atoms with E-state index in [2.05, 4.69) is 4.74 Å². The van der Waals surface area contributed by atoms with E-state index >= 15 is 0 Å². The molecule has 0 amide bonds. The van der Waals surface area contributed by atoms with Crippen molar-refractivity contribution in [3.05, 3.63) is 58.7 Å². The Kier molecular flexibility index (Phi) is 4.83. The smallest absolute Gasteiger partial charge is 0.416 e. The number of benzene rings is 2. The molecule has 2 rings (SSSR count). The van der Waals surface area contributed by atoms with Gasteiger partial charge in [-0.2, -0.15) is 26.3 Å². The number of rotatable bonds is 2. The van der Waals surface area contributed by atoms with Gasteiger partial charge in [0.2, 0.25) is 0 Å².